The summed E-state index contributed by atoms with van der Waals surface area (Å²) in [5, 5.41) is 5.37. The van der Waals surface area contributed by atoms with Gasteiger partial charge in [-0.05, 0) is 74.8 Å². The highest BCUT2D eigenvalue weighted by atomic mass is 19.1. The normalized spacial score (nSPS) is 14.2. The van der Waals surface area contributed by atoms with E-state index >= 15 is 0 Å². The van der Waals surface area contributed by atoms with E-state index in [1.165, 1.54) is 6.07 Å². The number of hydrogen-bond acceptors (Lipinski definition) is 6. The van der Waals surface area contributed by atoms with Gasteiger partial charge in [-0.2, -0.15) is 9.37 Å². The van der Waals surface area contributed by atoms with Crippen LogP contribution in [0.2, 0.25) is 0 Å². The van der Waals surface area contributed by atoms with Gasteiger partial charge in [-0.15, -0.1) is 0 Å². The Labute approximate surface area is 190 Å². The molecule has 4 N–H and O–H groups in total. The number of nitrogens with two attached hydrogens (primary N) is 1. The van der Waals surface area contributed by atoms with Gasteiger partial charge in [-0.1, -0.05) is 0 Å². The maximum Gasteiger partial charge on any atom is 0.254 e. The van der Waals surface area contributed by atoms with E-state index in [4.69, 9.17) is 10.5 Å². The number of carbonyl (C=O) groups is 1. The molecule has 2 aliphatic heterocycles. The minimum Gasteiger partial charge on any atom is -0.493 e. The van der Waals surface area contributed by atoms with Gasteiger partial charge in [-0.25, -0.2) is 9.37 Å². The molecule has 7 nitrogen and oxygen atoms in total. The van der Waals surface area contributed by atoms with E-state index in [1.807, 2.05) is 20.2 Å². The van der Waals surface area contributed by atoms with Gasteiger partial charge in [0.2, 0.25) is 5.95 Å². The van der Waals surface area contributed by atoms with Crippen molar-refractivity contribution in [1.29, 1.82) is 0 Å². The Hall–Kier alpha value is -3.59. The Balaban J connectivity index is 0.000000821. The summed E-state index contributed by atoms with van der Waals surface area (Å²) in [5.41, 5.74) is 8.59. The van der Waals surface area contributed by atoms with Gasteiger partial charge in [-0.3, -0.25) is 4.79 Å². The second kappa shape index (κ2) is 9.50. The summed E-state index contributed by atoms with van der Waals surface area (Å²) < 4.78 is 34.9. The van der Waals surface area contributed by atoms with Gasteiger partial charge in [0.05, 0.1) is 12.2 Å². The quantitative estimate of drug-likeness (QED) is 0.551. The lowest BCUT2D eigenvalue weighted by Gasteiger charge is -2.19. The van der Waals surface area contributed by atoms with E-state index in [0.29, 0.717) is 36.3 Å². The number of aryl methyl sites for hydroxylation is 1. The number of hydrogen-bond donors (Lipinski definition) is 3. The van der Waals surface area contributed by atoms with E-state index in [9.17, 15) is 13.6 Å². The van der Waals surface area contributed by atoms with Crippen molar-refractivity contribution in [3.05, 3.63) is 58.8 Å². The maximum absolute atomic E-state index is 14.7. The molecule has 3 aromatic rings. The molecule has 0 fully saturated rings. The number of amides is 1. The Morgan fingerprint density at radius 1 is 1.03 bits per heavy atom. The van der Waals surface area contributed by atoms with Crippen molar-refractivity contribution in [1.82, 2.24) is 20.6 Å². The van der Waals surface area contributed by atoms with Crippen LogP contribution in [0.25, 0.3) is 22.5 Å². The highest BCUT2D eigenvalue weighted by Gasteiger charge is 2.24. The summed E-state index contributed by atoms with van der Waals surface area (Å²) in [6.07, 6.45) is 2.20. The molecule has 5 rings (SSSR count). The molecule has 0 radical (unpaired) electrons. The van der Waals surface area contributed by atoms with Crippen molar-refractivity contribution in [3.8, 4) is 28.3 Å². The summed E-state index contributed by atoms with van der Waals surface area (Å²) in [6.45, 7) is 1.08. The summed E-state index contributed by atoms with van der Waals surface area (Å²) in [5.74, 6) is -1.28. The zero-order valence-corrected chi connectivity index (χ0v) is 18.5. The molecule has 2 aliphatic rings. The first kappa shape index (κ1) is 22.6. The number of halogens is 2. The topological polar surface area (TPSA) is 102 Å². The number of benzene rings is 2. The van der Waals surface area contributed by atoms with Crippen LogP contribution in [0.1, 0.15) is 27.9 Å². The molecule has 33 heavy (non-hydrogen) atoms. The Morgan fingerprint density at radius 3 is 2.58 bits per heavy atom. The number of rotatable bonds is 2. The lowest BCUT2D eigenvalue weighted by atomic mass is 9.95. The molecule has 0 spiro atoms. The molecule has 0 saturated carbocycles. The van der Waals surface area contributed by atoms with Crippen molar-refractivity contribution in [3.63, 3.8) is 0 Å². The number of fused-ring (bicyclic) bond motifs is 2. The smallest absolute Gasteiger partial charge is 0.254 e. The molecular weight excluding hydrogens is 428 g/mol. The number of carbonyl (C=O) groups excluding carboxylic acids is 1. The first-order chi connectivity index (χ1) is 15.9. The first-order valence-corrected chi connectivity index (χ1v) is 10.7. The minimum absolute atomic E-state index is 0.0218. The van der Waals surface area contributed by atoms with Crippen molar-refractivity contribution in [2.24, 2.45) is 0 Å². The molecule has 0 aliphatic carbocycles. The van der Waals surface area contributed by atoms with Gasteiger partial charge in [0.1, 0.15) is 23.0 Å². The molecule has 2 aromatic carbocycles. The number of nitrogens with one attached hydrogen (secondary N) is 2. The third-order valence-electron chi connectivity index (χ3n) is 5.41. The molecule has 3 heterocycles. The third-order valence-corrected chi connectivity index (χ3v) is 5.41. The first-order valence-electron chi connectivity index (χ1n) is 10.7. The minimum atomic E-state index is -0.800. The van der Waals surface area contributed by atoms with Crippen molar-refractivity contribution < 1.29 is 18.3 Å². The summed E-state index contributed by atoms with van der Waals surface area (Å²) in [4.78, 5) is 20.2. The summed E-state index contributed by atoms with van der Waals surface area (Å²) in [7, 11) is 3.75. The molecule has 0 bridgehead atoms. The molecule has 0 saturated heterocycles. The fourth-order valence-corrected chi connectivity index (χ4v) is 3.98. The van der Waals surface area contributed by atoms with Crippen molar-refractivity contribution in [2.75, 3.05) is 33.0 Å². The lowest BCUT2D eigenvalue weighted by Crippen LogP contribution is -2.32. The molecule has 0 atom stereocenters. The van der Waals surface area contributed by atoms with Crippen LogP contribution in [0.5, 0.6) is 5.75 Å². The molecule has 1 aromatic heterocycles. The van der Waals surface area contributed by atoms with Crippen molar-refractivity contribution in [2.45, 2.75) is 19.3 Å². The molecule has 9 heteroatoms. The second-order valence-corrected chi connectivity index (χ2v) is 7.87. The number of aromatic nitrogens is 2. The standard InChI is InChI=1S/C22H18F2N4O2.C2H7N/c23-15-10-14(9-12-5-6-26-22(29)17(12)15)19-21(25)28-20(24)18(27-19)13-3-4-16-11(8-13)2-1-7-30-16;1-3-2/h3-4,8-10H,1-2,5-7H2,(H2,25,28)(H,26,29);3H,1-2H3. The van der Waals surface area contributed by atoms with Crippen LogP contribution in [0.15, 0.2) is 30.3 Å². The van der Waals surface area contributed by atoms with Crippen LogP contribution < -0.4 is 21.1 Å². The fourth-order valence-electron chi connectivity index (χ4n) is 3.98. The zero-order valence-electron chi connectivity index (χ0n) is 18.5. The largest absolute Gasteiger partial charge is 0.493 e. The lowest BCUT2D eigenvalue weighted by molar-refractivity contribution is 0.0941. The third kappa shape index (κ3) is 4.49. The van der Waals surface area contributed by atoms with Crippen LogP contribution in [0.3, 0.4) is 0 Å². The van der Waals surface area contributed by atoms with Gasteiger partial charge >= 0.3 is 0 Å². The molecular formula is C24H25F2N5O2. The predicted octanol–water partition coefficient (Wildman–Crippen LogP) is 3.12. The van der Waals surface area contributed by atoms with Gasteiger partial charge in [0, 0.05) is 17.7 Å². The van der Waals surface area contributed by atoms with Gasteiger partial charge in [0.25, 0.3) is 5.91 Å². The van der Waals surface area contributed by atoms with E-state index in [-0.39, 0.29) is 22.8 Å². The van der Waals surface area contributed by atoms with E-state index in [1.54, 1.807) is 18.2 Å². The molecule has 172 valence electrons. The summed E-state index contributed by atoms with van der Waals surface area (Å²) in [6, 6.07) is 8.19. The zero-order chi connectivity index (χ0) is 23.5. The monoisotopic (exact) mass is 453 g/mol. The summed E-state index contributed by atoms with van der Waals surface area (Å²) >= 11 is 0. The van der Waals surface area contributed by atoms with Crippen LogP contribution in [0, 0.1) is 11.8 Å². The Bertz CT molecular complexity index is 1220. The van der Waals surface area contributed by atoms with Crippen LogP contribution >= 0.6 is 0 Å². The van der Waals surface area contributed by atoms with Crippen LogP contribution in [-0.2, 0) is 12.8 Å². The van der Waals surface area contributed by atoms with Gasteiger partial charge < -0.3 is 21.1 Å². The van der Waals surface area contributed by atoms with E-state index < -0.39 is 17.7 Å². The van der Waals surface area contributed by atoms with Crippen molar-refractivity contribution >= 4 is 11.7 Å². The van der Waals surface area contributed by atoms with Crippen LogP contribution in [0.4, 0.5) is 14.6 Å². The van der Waals surface area contributed by atoms with E-state index in [0.717, 1.165) is 24.2 Å². The van der Waals surface area contributed by atoms with E-state index in [2.05, 4.69) is 20.6 Å². The highest BCUT2D eigenvalue weighted by molar-refractivity contribution is 5.97. The van der Waals surface area contributed by atoms with Gasteiger partial charge in [0.15, 0.2) is 5.82 Å². The average molecular weight is 453 g/mol. The maximum atomic E-state index is 14.7. The van der Waals surface area contributed by atoms with Crippen LogP contribution in [-0.4, -0.2) is 43.1 Å². The second-order valence-electron chi connectivity index (χ2n) is 7.87. The number of ether oxygens (including phenoxy) is 1. The number of nitrogens with zero attached hydrogens (tertiary/aromatic N) is 2. The predicted molar refractivity (Wildman–Crippen MR) is 122 cm³/mol. The average Bonchev–Trinajstić information content (AvgIpc) is 2.79. The number of nitrogen functional groups attached to an aromatic ring is 1. The number of anilines is 1. The SMILES string of the molecule is CNC.Nc1nc(F)c(-c2ccc3c(c2)CCCO3)nc1-c1cc(F)c2c(c1)CCNC2=O. The highest BCUT2D eigenvalue weighted by Crippen LogP contribution is 2.34. The Kier molecular flexibility index (Phi) is 6.50. The molecule has 1 amide bonds. The Morgan fingerprint density at radius 2 is 1.79 bits per heavy atom. The fraction of sp³-hybridized carbons (Fsp3) is 0.292. The molecule has 0 unspecified atom stereocenters.